The molecule has 1 aromatic heterocycles. The number of sulfonamides is 1. The molecule has 2 rings (SSSR count). The molecule has 1 aromatic carbocycles. The second-order valence-electron chi connectivity index (χ2n) is 8.06. The van der Waals surface area contributed by atoms with Crippen LogP contribution in [0, 0.1) is 0 Å². The van der Waals surface area contributed by atoms with Crippen LogP contribution in [0.5, 0.6) is 0 Å². The van der Waals surface area contributed by atoms with Gasteiger partial charge in [0.25, 0.3) is 0 Å². The van der Waals surface area contributed by atoms with Crippen molar-refractivity contribution in [1.82, 2.24) is 20.3 Å². The lowest BCUT2D eigenvalue weighted by Gasteiger charge is -2.22. The molecule has 3 N–H and O–H groups in total. The van der Waals surface area contributed by atoms with E-state index < -0.39 is 15.6 Å². The first-order valence-electron chi connectivity index (χ1n) is 9.52. The average Bonchev–Trinajstić information content (AvgIpc) is 3.09. The highest BCUT2D eigenvalue weighted by Gasteiger charge is 2.24. The van der Waals surface area contributed by atoms with Crippen LogP contribution in [-0.4, -0.2) is 31.9 Å². The molecule has 0 fully saturated rings. The van der Waals surface area contributed by atoms with E-state index in [9.17, 15) is 8.42 Å². The van der Waals surface area contributed by atoms with E-state index >= 15 is 0 Å². The topological polar surface area (TPSA) is 95.5 Å². The zero-order valence-corrected chi connectivity index (χ0v) is 22.3. The fourth-order valence-electron chi connectivity index (χ4n) is 2.60. The first-order chi connectivity index (χ1) is 13.5. The van der Waals surface area contributed by atoms with E-state index in [4.69, 9.17) is 0 Å². The van der Waals surface area contributed by atoms with E-state index in [0.717, 1.165) is 10.7 Å². The van der Waals surface area contributed by atoms with Gasteiger partial charge in [0.2, 0.25) is 10.0 Å². The van der Waals surface area contributed by atoms with Gasteiger partial charge in [-0.15, -0.1) is 35.3 Å². The standard InChI is InChI=1S/C20H31N5O2S2.HI/c1-14(2)16-13-28-18(24-16)12-23-19(21-6)22-11-15-9-7-8-10-17(15)29(26,27)25-20(3,4)5;/h7-10,13-14,25H,11-12H2,1-6H3,(H2,21,22,23);1H. The lowest BCUT2D eigenvalue weighted by molar-refractivity contribution is 0.491. The SMILES string of the molecule is CN=C(NCc1nc(C(C)C)cs1)NCc1ccccc1S(=O)(=O)NC(C)(C)C.I. The van der Waals surface area contributed by atoms with Gasteiger partial charge in [-0.05, 0) is 38.3 Å². The minimum atomic E-state index is -3.62. The molecule has 0 saturated carbocycles. The Morgan fingerprint density at radius 2 is 1.80 bits per heavy atom. The molecule has 0 unspecified atom stereocenters. The molecular formula is C20H32IN5O2S2. The van der Waals surface area contributed by atoms with Crippen LogP contribution in [0.4, 0.5) is 0 Å². The number of aliphatic imine (C=N–C) groups is 1. The highest BCUT2D eigenvalue weighted by molar-refractivity contribution is 14.0. The van der Waals surface area contributed by atoms with Crippen LogP contribution in [0.15, 0.2) is 39.5 Å². The normalized spacial score (nSPS) is 12.6. The van der Waals surface area contributed by atoms with E-state index in [0.29, 0.717) is 30.5 Å². The summed E-state index contributed by atoms with van der Waals surface area (Å²) in [4.78, 5) is 9.08. The zero-order valence-electron chi connectivity index (χ0n) is 18.3. The van der Waals surface area contributed by atoms with Gasteiger partial charge >= 0.3 is 0 Å². The van der Waals surface area contributed by atoms with E-state index in [1.54, 1.807) is 36.6 Å². The van der Waals surface area contributed by atoms with Crippen molar-refractivity contribution in [2.45, 2.75) is 64.1 Å². The molecule has 2 aromatic rings. The molecule has 0 aliphatic rings. The molecule has 0 aliphatic carbocycles. The van der Waals surface area contributed by atoms with Crippen LogP contribution >= 0.6 is 35.3 Å². The Hall–Kier alpha value is -1.24. The summed E-state index contributed by atoms with van der Waals surface area (Å²) in [6.07, 6.45) is 0. The van der Waals surface area contributed by atoms with Crippen LogP contribution < -0.4 is 15.4 Å². The minimum Gasteiger partial charge on any atom is -0.352 e. The molecule has 168 valence electrons. The molecule has 7 nitrogen and oxygen atoms in total. The molecule has 0 aliphatic heterocycles. The van der Waals surface area contributed by atoms with Gasteiger partial charge in [-0.1, -0.05) is 32.0 Å². The molecular weight excluding hydrogens is 533 g/mol. The summed E-state index contributed by atoms with van der Waals surface area (Å²) in [6.45, 7) is 10.6. The number of thiazole rings is 1. The number of benzene rings is 1. The van der Waals surface area contributed by atoms with Crippen LogP contribution in [-0.2, 0) is 23.1 Å². The van der Waals surface area contributed by atoms with Gasteiger partial charge in [-0.25, -0.2) is 18.1 Å². The molecule has 0 spiro atoms. The Labute approximate surface area is 201 Å². The van der Waals surface area contributed by atoms with Crippen LogP contribution in [0.1, 0.15) is 56.8 Å². The summed E-state index contributed by atoms with van der Waals surface area (Å²) >= 11 is 1.61. The van der Waals surface area contributed by atoms with Crippen LogP contribution in [0.3, 0.4) is 0 Å². The molecule has 1 heterocycles. The first-order valence-corrected chi connectivity index (χ1v) is 11.9. The summed E-state index contributed by atoms with van der Waals surface area (Å²) in [5.74, 6) is 0.986. The third kappa shape index (κ3) is 8.12. The predicted molar refractivity (Wildman–Crippen MR) is 135 cm³/mol. The van der Waals surface area contributed by atoms with E-state index in [2.05, 4.69) is 44.6 Å². The third-order valence-electron chi connectivity index (χ3n) is 3.94. The number of rotatable bonds is 7. The van der Waals surface area contributed by atoms with Gasteiger partial charge in [0.05, 0.1) is 17.1 Å². The maximum absolute atomic E-state index is 12.8. The van der Waals surface area contributed by atoms with Gasteiger partial charge in [-0.3, -0.25) is 4.99 Å². The van der Waals surface area contributed by atoms with Crippen molar-refractivity contribution in [2.75, 3.05) is 7.05 Å². The highest BCUT2D eigenvalue weighted by Crippen LogP contribution is 2.18. The average molecular weight is 566 g/mol. The second-order valence-corrected chi connectivity index (χ2v) is 10.7. The van der Waals surface area contributed by atoms with Crippen molar-refractivity contribution < 1.29 is 8.42 Å². The summed E-state index contributed by atoms with van der Waals surface area (Å²) in [7, 11) is -1.94. The van der Waals surface area contributed by atoms with Gasteiger partial charge in [0, 0.05) is 24.5 Å². The van der Waals surface area contributed by atoms with Crippen molar-refractivity contribution in [3.05, 3.63) is 45.9 Å². The second kappa shape index (κ2) is 11.4. The Balaban J connectivity index is 0.00000450. The van der Waals surface area contributed by atoms with Crippen molar-refractivity contribution in [3.63, 3.8) is 0 Å². The van der Waals surface area contributed by atoms with Gasteiger partial charge in [0.15, 0.2) is 5.96 Å². The largest absolute Gasteiger partial charge is 0.352 e. The molecule has 0 radical (unpaired) electrons. The summed E-state index contributed by atoms with van der Waals surface area (Å²) in [5, 5.41) is 9.46. The van der Waals surface area contributed by atoms with Crippen molar-refractivity contribution in [2.24, 2.45) is 4.99 Å². The van der Waals surface area contributed by atoms with Crippen LogP contribution in [0.2, 0.25) is 0 Å². The molecule has 0 saturated heterocycles. The zero-order chi connectivity index (χ0) is 21.7. The minimum absolute atomic E-state index is 0. The number of nitrogens with zero attached hydrogens (tertiary/aromatic N) is 2. The molecule has 0 atom stereocenters. The molecule has 10 heteroatoms. The van der Waals surface area contributed by atoms with Gasteiger partial charge in [0.1, 0.15) is 5.01 Å². The van der Waals surface area contributed by atoms with E-state index in [1.807, 2.05) is 26.8 Å². The Morgan fingerprint density at radius 3 is 2.37 bits per heavy atom. The summed E-state index contributed by atoms with van der Waals surface area (Å²) in [6, 6.07) is 6.96. The maximum Gasteiger partial charge on any atom is 0.241 e. The fraction of sp³-hybridized carbons (Fsp3) is 0.500. The van der Waals surface area contributed by atoms with Crippen molar-refractivity contribution >= 4 is 51.3 Å². The Kier molecular flexibility index (Phi) is 10.2. The number of guanidine groups is 1. The predicted octanol–water partition coefficient (Wildman–Crippen LogP) is 3.83. The fourth-order valence-corrected chi connectivity index (χ4v) is 5.15. The van der Waals surface area contributed by atoms with Crippen molar-refractivity contribution in [3.8, 4) is 0 Å². The summed E-state index contributed by atoms with van der Waals surface area (Å²) in [5.41, 5.74) is 1.20. The van der Waals surface area contributed by atoms with E-state index in [1.165, 1.54) is 0 Å². The molecule has 0 bridgehead atoms. The lowest BCUT2D eigenvalue weighted by atomic mass is 10.1. The number of nitrogens with one attached hydrogen (secondary N) is 3. The maximum atomic E-state index is 12.8. The van der Waals surface area contributed by atoms with Crippen molar-refractivity contribution in [1.29, 1.82) is 0 Å². The third-order valence-corrected chi connectivity index (χ3v) is 6.67. The molecule has 0 amide bonds. The van der Waals surface area contributed by atoms with E-state index in [-0.39, 0.29) is 28.9 Å². The first kappa shape index (κ1) is 26.8. The number of aromatic nitrogens is 1. The smallest absolute Gasteiger partial charge is 0.241 e. The number of halogens is 1. The quantitative estimate of drug-likeness (QED) is 0.270. The monoisotopic (exact) mass is 565 g/mol. The van der Waals surface area contributed by atoms with Crippen LogP contribution in [0.25, 0.3) is 0 Å². The molecule has 30 heavy (non-hydrogen) atoms. The lowest BCUT2D eigenvalue weighted by Crippen LogP contribution is -2.41. The van der Waals surface area contributed by atoms with Gasteiger partial charge in [-0.2, -0.15) is 0 Å². The Bertz CT molecular complexity index is 950. The summed E-state index contributed by atoms with van der Waals surface area (Å²) < 4.78 is 28.2. The van der Waals surface area contributed by atoms with Gasteiger partial charge < -0.3 is 10.6 Å². The Morgan fingerprint density at radius 1 is 1.17 bits per heavy atom. The number of hydrogen-bond donors (Lipinski definition) is 3. The highest BCUT2D eigenvalue weighted by atomic mass is 127. The number of hydrogen-bond acceptors (Lipinski definition) is 5.